The van der Waals surface area contributed by atoms with Gasteiger partial charge in [-0.25, -0.2) is 0 Å². The Kier molecular flexibility index (Phi) is 14.7. The molecule has 4 saturated carbocycles. The topological polar surface area (TPSA) is 14.1 Å². The Morgan fingerprint density at radius 2 is 1.20 bits per heavy atom. The molecule has 0 aromatic carbocycles. The quantitative estimate of drug-likeness (QED) is 0.405. The maximum Gasteiger partial charge on any atom is 4.00 e. The summed E-state index contributed by atoms with van der Waals surface area (Å²) in [7, 11) is 3.50. The van der Waals surface area contributed by atoms with Crippen molar-refractivity contribution in [1.29, 1.82) is 0 Å². The van der Waals surface area contributed by atoms with Gasteiger partial charge in [0, 0.05) is 0 Å². The van der Waals surface area contributed by atoms with Crippen LogP contribution in [-0.4, -0.2) is 14.1 Å². The molecule has 0 heterocycles. The van der Waals surface area contributed by atoms with Gasteiger partial charge in [-0.3, -0.25) is 0 Å². The molecule has 0 radical (unpaired) electrons. The summed E-state index contributed by atoms with van der Waals surface area (Å²) in [5.41, 5.74) is 0.868. The van der Waals surface area contributed by atoms with E-state index < -0.39 is 0 Å². The van der Waals surface area contributed by atoms with Crippen LogP contribution in [0.4, 0.5) is 0 Å². The molecule has 4 aliphatic carbocycles. The van der Waals surface area contributed by atoms with Crippen molar-refractivity contribution < 1.29 is 26.2 Å². The molecule has 2 heteroatoms. The van der Waals surface area contributed by atoms with Crippen LogP contribution in [0.3, 0.4) is 0 Å². The Bertz CT molecular complexity index is 320. The molecule has 0 saturated heterocycles. The molecule has 0 aliphatic heterocycles. The van der Waals surface area contributed by atoms with Crippen molar-refractivity contribution >= 4 is 0 Å². The second-order valence-corrected chi connectivity index (χ2v) is 8.41. The molecule has 146 valence electrons. The van der Waals surface area contributed by atoms with E-state index in [0.717, 1.165) is 17.3 Å². The molecule has 4 rings (SSSR count). The average molecular weight is 427 g/mol. The number of hydrogen-bond donors (Lipinski definition) is 0. The Morgan fingerprint density at radius 3 is 1.72 bits per heavy atom. The first-order valence-corrected chi connectivity index (χ1v) is 9.80. The van der Waals surface area contributed by atoms with Crippen LogP contribution in [0.2, 0.25) is 0 Å². The monoisotopic (exact) mass is 425 g/mol. The van der Waals surface area contributed by atoms with Crippen molar-refractivity contribution in [2.45, 2.75) is 83.5 Å². The van der Waals surface area contributed by atoms with Gasteiger partial charge in [0.25, 0.3) is 0 Å². The molecule has 0 spiro atoms. The van der Waals surface area contributed by atoms with Crippen molar-refractivity contribution in [3.05, 3.63) is 27.6 Å². The summed E-state index contributed by atoms with van der Waals surface area (Å²) in [4.78, 5) is 0. The Balaban J connectivity index is 0. The third kappa shape index (κ3) is 5.66. The molecule has 0 amide bonds. The summed E-state index contributed by atoms with van der Waals surface area (Å²) < 4.78 is 0. The van der Waals surface area contributed by atoms with Crippen molar-refractivity contribution in [3.8, 4) is 0 Å². The normalized spacial score (nSPS) is 32.2. The zero-order valence-electron chi connectivity index (χ0n) is 17.9. The SMILES string of the molecule is C1CCC2C(C1)CCC2C1(C2CCCC2)CCC1.C[N-]C.[CH3-].[CH3-].[CH3-].[Zr+4]. The molecular formula is C23H45NZr. The third-order valence-electron chi connectivity index (χ3n) is 7.52. The first-order chi connectivity index (χ1) is 10.3. The summed E-state index contributed by atoms with van der Waals surface area (Å²) in [6.45, 7) is 0. The first kappa shape index (κ1) is 28.1. The van der Waals surface area contributed by atoms with Gasteiger partial charge in [-0.1, -0.05) is 38.5 Å². The number of rotatable bonds is 2. The molecule has 25 heavy (non-hydrogen) atoms. The van der Waals surface area contributed by atoms with Crippen LogP contribution in [0.25, 0.3) is 5.32 Å². The smallest absolute Gasteiger partial charge is 0.668 e. The molecular weight excluding hydrogens is 381 g/mol. The van der Waals surface area contributed by atoms with Gasteiger partial charge in [0.05, 0.1) is 0 Å². The van der Waals surface area contributed by atoms with Gasteiger partial charge in [-0.15, -0.1) is 0 Å². The minimum atomic E-state index is 0. The maximum atomic E-state index is 3.50. The van der Waals surface area contributed by atoms with Gasteiger partial charge in [-0.2, -0.15) is 14.1 Å². The Labute approximate surface area is 180 Å². The zero-order chi connectivity index (χ0) is 14.7. The third-order valence-corrected chi connectivity index (χ3v) is 7.52. The van der Waals surface area contributed by atoms with E-state index >= 15 is 0 Å². The molecule has 0 N–H and O–H groups in total. The van der Waals surface area contributed by atoms with Crippen LogP contribution >= 0.6 is 0 Å². The number of hydrogen-bond acceptors (Lipinski definition) is 0. The fourth-order valence-electron chi connectivity index (χ4n) is 6.61. The van der Waals surface area contributed by atoms with Crippen molar-refractivity contribution in [1.82, 2.24) is 0 Å². The molecule has 4 fully saturated rings. The van der Waals surface area contributed by atoms with Crippen molar-refractivity contribution in [3.63, 3.8) is 0 Å². The van der Waals surface area contributed by atoms with Crippen LogP contribution < -0.4 is 0 Å². The predicted molar refractivity (Wildman–Crippen MR) is 111 cm³/mol. The van der Waals surface area contributed by atoms with Gasteiger partial charge < -0.3 is 27.6 Å². The molecule has 0 aromatic heterocycles. The largest absolute Gasteiger partial charge is 4.00 e. The van der Waals surface area contributed by atoms with E-state index in [0.29, 0.717) is 0 Å². The van der Waals surface area contributed by atoms with Crippen molar-refractivity contribution in [2.75, 3.05) is 14.1 Å². The van der Waals surface area contributed by atoms with Crippen molar-refractivity contribution in [2.24, 2.45) is 29.1 Å². The van der Waals surface area contributed by atoms with Gasteiger partial charge in [0.15, 0.2) is 0 Å². The zero-order valence-corrected chi connectivity index (χ0v) is 20.4. The maximum absolute atomic E-state index is 3.50. The van der Waals surface area contributed by atoms with Crippen LogP contribution in [0.15, 0.2) is 0 Å². The summed E-state index contributed by atoms with van der Waals surface area (Å²) in [5, 5.41) is 3.50. The van der Waals surface area contributed by atoms with Crippen LogP contribution in [0.5, 0.6) is 0 Å². The minimum absolute atomic E-state index is 0. The summed E-state index contributed by atoms with van der Waals surface area (Å²) in [6, 6.07) is 0. The summed E-state index contributed by atoms with van der Waals surface area (Å²) in [5.74, 6) is 4.64. The molecule has 0 bridgehead atoms. The number of fused-ring (bicyclic) bond motifs is 1. The fraction of sp³-hybridized carbons (Fsp3) is 0.870. The molecule has 3 unspecified atom stereocenters. The Morgan fingerprint density at radius 1 is 0.680 bits per heavy atom. The second-order valence-electron chi connectivity index (χ2n) is 8.41. The van der Waals surface area contributed by atoms with E-state index in [1.807, 2.05) is 0 Å². The van der Waals surface area contributed by atoms with E-state index in [1.165, 1.54) is 11.8 Å². The molecule has 4 aliphatic rings. The predicted octanol–water partition coefficient (Wildman–Crippen LogP) is 7.53. The second kappa shape index (κ2) is 13.1. The first-order valence-electron chi connectivity index (χ1n) is 9.80. The van der Waals surface area contributed by atoms with E-state index in [2.05, 4.69) is 5.32 Å². The van der Waals surface area contributed by atoms with Gasteiger partial charge in [-0.05, 0) is 74.0 Å². The van der Waals surface area contributed by atoms with Crippen LogP contribution in [-0.2, 0) is 26.2 Å². The molecule has 3 atom stereocenters. The summed E-state index contributed by atoms with van der Waals surface area (Å²) in [6.07, 6.45) is 20.6. The van der Waals surface area contributed by atoms with Gasteiger partial charge in [0.1, 0.15) is 0 Å². The number of nitrogens with zero attached hydrogens (tertiary/aromatic N) is 1. The van der Waals surface area contributed by atoms with Gasteiger partial charge in [0.2, 0.25) is 0 Å². The fourth-order valence-corrected chi connectivity index (χ4v) is 6.61. The molecule has 1 nitrogen and oxygen atoms in total. The molecule has 0 aromatic rings. The minimum Gasteiger partial charge on any atom is -0.668 e. The average Bonchev–Trinajstić information content (AvgIpc) is 3.09. The standard InChI is InChI=1S/C18H30.C2H6N.3CH3.Zr/c1-4-9-16-14(6-1)10-11-17(16)18(12-5-13-18)15-7-2-3-8-15;1-3-2;;;;/h14-17H,1-13H2;1-2H3;3*1H3;/q;4*-1;+4. The van der Waals surface area contributed by atoms with Crippen LogP contribution in [0, 0.1) is 51.4 Å². The van der Waals surface area contributed by atoms with E-state index in [1.54, 1.807) is 97.6 Å². The summed E-state index contributed by atoms with van der Waals surface area (Å²) >= 11 is 0. The van der Waals surface area contributed by atoms with E-state index in [9.17, 15) is 0 Å². The van der Waals surface area contributed by atoms with E-state index in [-0.39, 0.29) is 48.5 Å². The van der Waals surface area contributed by atoms with Gasteiger partial charge >= 0.3 is 26.2 Å². The van der Waals surface area contributed by atoms with E-state index in [4.69, 9.17) is 0 Å². The Hall–Kier alpha value is 0.843. The van der Waals surface area contributed by atoms with Crippen LogP contribution in [0.1, 0.15) is 83.5 Å².